The van der Waals surface area contributed by atoms with Crippen LogP contribution >= 0.6 is 0 Å². The highest BCUT2D eigenvalue weighted by Crippen LogP contribution is 2.30. The van der Waals surface area contributed by atoms with Gasteiger partial charge in [-0.25, -0.2) is 14.3 Å². The van der Waals surface area contributed by atoms with Crippen molar-refractivity contribution in [2.75, 3.05) is 0 Å². The second-order valence-electron chi connectivity index (χ2n) is 3.86. The monoisotopic (exact) mass is 301 g/mol. The molecular weight excluding hydrogens is 295 g/mol. The average Bonchev–Trinajstić information content (AvgIpc) is 2.82. The molecule has 0 saturated heterocycles. The van der Waals surface area contributed by atoms with Gasteiger partial charge in [0.2, 0.25) is 5.69 Å². The van der Waals surface area contributed by atoms with Crippen LogP contribution < -0.4 is 0 Å². The van der Waals surface area contributed by atoms with Gasteiger partial charge in [-0.15, -0.1) is 5.10 Å². The van der Waals surface area contributed by atoms with E-state index in [9.17, 15) is 22.8 Å². The van der Waals surface area contributed by atoms with Crippen LogP contribution in [0.2, 0.25) is 0 Å². The first-order chi connectivity index (χ1) is 9.71. The van der Waals surface area contributed by atoms with Crippen molar-refractivity contribution in [1.82, 2.24) is 15.0 Å². The summed E-state index contributed by atoms with van der Waals surface area (Å²) >= 11 is 0. The van der Waals surface area contributed by atoms with E-state index < -0.39 is 35.1 Å². The predicted molar refractivity (Wildman–Crippen MR) is 60.3 cm³/mol. The molecule has 10 heteroatoms. The fraction of sp³-hybridized carbons (Fsp3) is 0.0909. The maximum Gasteiger partial charge on any atom is 0.416 e. The van der Waals surface area contributed by atoms with Crippen molar-refractivity contribution in [3.63, 3.8) is 0 Å². The van der Waals surface area contributed by atoms with E-state index in [0.717, 1.165) is 18.2 Å². The normalized spacial score (nSPS) is 11.4. The molecule has 2 N–H and O–H groups in total. The number of hydrogen-bond acceptors (Lipinski definition) is 4. The number of alkyl halides is 3. The van der Waals surface area contributed by atoms with Crippen molar-refractivity contribution in [3.8, 4) is 5.69 Å². The maximum absolute atomic E-state index is 12.6. The fourth-order valence-electron chi connectivity index (χ4n) is 1.61. The highest BCUT2D eigenvalue weighted by Gasteiger charge is 2.31. The van der Waals surface area contributed by atoms with Gasteiger partial charge in [0, 0.05) is 0 Å². The zero-order chi connectivity index (χ0) is 15.8. The maximum atomic E-state index is 12.6. The lowest BCUT2D eigenvalue weighted by Gasteiger charge is -2.09. The largest absolute Gasteiger partial charge is 0.476 e. The Bertz CT molecular complexity index is 724. The average molecular weight is 301 g/mol. The Balaban J connectivity index is 2.63. The minimum atomic E-state index is -4.63. The first-order valence-corrected chi connectivity index (χ1v) is 5.31. The van der Waals surface area contributed by atoms with E-state index >= 15 is 0 Å². The topological polar surface area (TPSA) is 105 Å². The van der Waals surface area contributed by atoms with Crippen LogP contribution in [0.25, 0.3) is 5.69 Å². The summed E-state index contributed by atoms with van der Waals surface area (Å²) in [5.74, 6) is -3.32. The van der Waals surface area contributed by atoms with E-state index in [-0.39, 0.29) is 5.69 Å². The molecule has 21 heavy (non-hydrogen) atoms. The highest BCUT2D eigenvalue weighted by atomic mass is 19.4. The second kappa shape index (κ2) is 4.89. The van der Waals surface area contributed by atoms with Crippen LogP contribution in [-0.2, 0) is 6.18 Å². The first kappa shape index (κ1) is 14.5. The van der Waals surface area contributed by atoms with Gasteiger partial charge in [-0.1, -0.05) is 11.3 Å². The molecule has 0 unspecified atom stereocenters. The Labute approximate surface area is 114 Å². The summed E-state index contributed by atoms with van der Waals surface area (Å²) in [5, 5.41) is 24.2. The molecule has 0 aliphatic heterocycles. The lowest BCUT2D eigenvalue weighted by Crippen LogP contribution is -2.13. The van der Waals surface area contributed by atoms with E-state index in [0.29, 0.717) is 10.7 Å². The third-order valence-corrected chi connectivity index (χ3v) is 2.49. The Morgan fingerprint density at radius 3 is 2.33 bits per heavy atom. The van der Waals surface area contributed by atoms with Crippen molar-refractivity contribution in [2.24, 2.45) is 0 Å². The molecule has 7 nitrogen and oxygen atoms in total. The van der Waals surface area contributed by atoms with Gasteiger partial charge >= 0.3 is 18.1 Å². The molecule has 1 aromatic carbocycles. The Hall–Kier alpha value is -2.91. The zero-order valence-electron chi connectivity index (χ0n) is 10.00. The molecule has 0 saturated carbocycles. The number of carbonyl (C=O) groups is 2. The third-order valence-electron chi connectivity index (χ3n) is 2.49. The Kier molecular flexibility index (Phi) is 3.37. The van der Waals surface area contributed by atoms with Crippen molar-refractivity contribution < 1.29 is 33.0 Å². The summed E-state index contributed by atoms with van der Waals surface area (Å²) in [6.45, 7) is 0. The van der Waals surface area contributed by atoms with Crippen LogP contribution in [0.4, 0.5) is 13.2 Å². The predicted octanol–water partition coefficient (Wildman–Crippen LogP) is 1.68. The standard InChI is InChI=1S/C11H6F3N3O4/c12-11(13,14)5-2-1-3-6(4-5)17-8(10(20)21)7(9(18)19)15-16-17/h1-4H,(H,18,19)(H,20,21). The van der Waals surface area contributed by atoms with Gasteiger partial charge in [-0.3, -0.25) is 0 Å². The van der Waals surface area contributed by atoms with E-state index in [1.54, 1.807) is 0 Å². The van der Waals surface area contributed by atoms with Crippen LogP contribution in [0, 0.1) is 0 Å². The number of hydrogen-bond donors (Lipinski definition) is 2. The molecule has 0 atom stereocenters. The summed E-state index contributed by atoms with van der Waals surface area (Å²) in [6.07, 6.45) is -4.63. The van der Waals surface area contributed by atoms with E-state index in [2.05, 4.69) is 10.3 Å². The van der Waals surface area contributed by atoms with Crippen LogP contribution in [0.1, 0.15) is 26.5 Å². The van der Waals surface area contributed by atoms with Gasteiger partial charge in [-0.05, 0) is 18.2 Å². The molecule has 2 rings (SSSR count). The summed E-state index contributed by atoms with van der Waals surface area (Å²) in [5.41, 5.74) is -2.98. The molecule has 1 heterocycles. The quantitative estimate of drug-likeness (QED) is 0.893. The molecule has 0 radical (unpaired) electrons. The fourth-order valence-corrected chi connectivity index (χ4v) is 1.61. The van der Waals surface area contributed by atoms with Crippen LogP contribution in [0.15, 0.2) is 24.3 Å². The summed E-state index contributed by atoms with van der Waals surface area (Å²) in [4.78, 5) is 21.9. The minimum Gasteiger partial charge on any atom is -0.476 e. The zero-order valence-corrected chi connectivity index (χ0v) is 10.00. The van der Waals surface area contributed by atoms with Gasteiger partial charge < -0.3 is 10.2 Å². The number of nitrogens with zero attached hydrogens (tertiary/aromatic N) is 3. The molecule has 0 bridgehead atoms. The van der Waals surface area contributed by atoms with Gasteiger partial charge in [0.25, 0.3) is 0 Å². The summed E-state index contributed by atoms with van der Waals surface area (Å²) in [7, 11) is 0. The Morgan fingerprint density at radius 2 is 1.81 bits per heavy atom. The molecule has 0 aliphatic rings. The number of aromatic nitrogens is 3. The number of benzene rings is 1. The van der Waals surface area contributed by atoms with Crippen molar-refractivity contribution in [1.29, 1.82) is 0 Å². The number of carboxylic acids is 2. The Morgan fingerprint density at radius 1 is 1.14 bits per heavy atom. The van der Waals surface area contributed by atoms with Crippen LogP contribution in [-0.4, -0.2) is 37.1 Å². The SMILES string of the molecule is O=C(O)c1nnn(-c2cccc(C(F)(F)F)c2)c1C(=O)O. The second-order valence-corrected chi connectivity index (χ2v) is 3.86. The first-order valence-electron chi connectivity index (χ1n) is 5.31. The molecule has 110 valence electrons. The molecule has 1 aromatic heterocycles. The van der Waals surface area contributed by atoms with E-state index in [4.69, 9.17) is 10.2 Å². The lowest BCUT2D eigenvalue weighted by molar-refractivity contribution is -0.137. The van der Waals surface area contributed by atoms with Crippen LogP contribution in [0.5, 0.6) is 0 Å². The van der Waals surface area contributed by atoms with Crippen molar-refractivity contribution >= 4 is 11.9 Å². The van der Waals surface area contributed by atoms with Gasteiger partial charge in [-0.2, -0.15) is 13.2 Å². The third kappa shape index (κ3) is 2.68. The van der Waals surface area contributed by atoms with E-state index in [1.165, 1.54) is 0 Å². The number of halogens is 3. The summed E-state index contributed by atoms with van der Waals surface area (Å²) < 4.78 is 38.4. The van der Waals surface area contributed by atoms with Gasteiger partial charge in [0.15, 0.2) is 5.69 Å². The summed E-state index contributed by atoms with van der Waals surface area (Å²) in [6, 6.07) is 3.64. The van der Waals surface area contributed by atoms with E-state index in [1.807, 2.05) is 0 Å². The molecule has 0 fully saturated rings. The number of carboxylic acid groups (broad SMARTS) is 2. The molecule has 0 amide bonds. The van der Waals surface area contributed by atoms with Crippen LogP contribution in [0.3, 0.4) is 0 Å². The smallest absolute Gasteiger partial charge is 0.416 e. The minimum absolute atomic E-state index is 0.262. The van der Waals surface area contributed by atoms with Gasteiger partial charge in [0.05, 0.1) is 11.3 Å². The molecule has 2 aromatic rings. The number of rotatable bonds is 3. The molecule has 0 spiro atoms. The van der Waals surface area contributed by atoms with Crippen molar-refractivity contribution in [2.45, 2.75) is 6.18 Å². The van der Waals surface area contributed by atoms with Crippen molar-refractivity contribution in [3.05, 3.63) is 41.2 Å². The highest BCUT2D eigenvalue weighted by molar-refractivity contribution is 5.99. The molecule has 0 aliphatic carbocycles. The van der Waals surface area contributed by atoms with Gasteiger partial charge in [0.1, 0.15) is 0 Å². The lowest BCUT2D eigenvalue weighted by atomic mass is 10.2. The molecular formula is C11H6F3N3O4. The number of aromatic carboxylic acids is 2.